The Bertz CT molecular complexity index is 419. The molecule has 0 aliphatic carbocycles. The number of hydrogen-bond donors (Lipinski definition) is 1. The highest BCUT2D eigenvalue weighted by Crippen LogP contribution is 2.11. The minimum Gasteiger partial charge on any atom is -0.349 e. The molecule has 2 aromatic heterocycles. The van der Waals surface area contributed by atoms with Gasteiger partial charge in [0, 0.05) is 24.3 Å². The number of hydrogen-bond acceptors (Lipinski definition) is 4. The van der Waals surface area contributed by atoms with E-state index in [4.69, 9.17) is 0 Å². The third-order valence-corrected chi connectivity index (χ3v) is 2.90. The lowest BCUT2D eigenvalue weighted by molar-refractivity contribution is 0.762. The van der Waals surface area contributed by atoms with Gasteiger partial charge in [0.05, 0.1) is 12.2 Å². The molecule has 80 valence electrons. The van der Waals surface area contributed by atoms with Crippen LogP contribution in [0.4, 0.5) is 5.95 Å². The average Bonchev–Trinajstić information content (AvgIpc) is 2.83. The van der Waals surface area contributed by atoms with E-state index in [1.807, 2.05) is 24.7 Å². The topological polar surface area (TPSA) is 42.7 Å². The highest BCUT2D eigenvalue weighted by molar-refractivity contribution is 7.09. The Hall–Kier alpha value is -1.36. The van der Waals surface area contributed by atoms with Gasteiger partial charge in [-0.25, -0.2) is 9.97 Å². The fourth-order valence-corrected chi connectivity index (χ4v) is 1.98. The van der Waals surface area contributed by atoms with Crippen LogP contribution in [-0.4, -0.2) is 14.5 Å². The van der Waals surface area contributed by atoms with E-state index < -0.39 is 0 Å². The molecule has 0 aromatic carbocycles. The quantitative estimate of drug-likeness (QED) is 0.863. The standard InChI is InChI=1S/C10H14N4S/c1-3-14-7-8(2)13-10(14)12-6-9-11-4-5-15-9/h4-5,7H,3,6H2,1-2H3,(H,12,13). The predicted molar refractivity (Wildman–Crippen MR) is 62.1 cm³/mol. The summed E-state index contributed by atoms with van der Waals surface area (Å²) in [6.45, 7) is 5.78. The number of aromatic nitrogens is 3. The molecule has 0 aliphatic heterocycles. The van der Waals surface area contributed by atoms with Crippen LogP contribution in [0, 0.1) is 6.92 Å². The van der Waals surface area contributed by atoms with Crippen LogP contribution in [0.25, 0.3) is 0 Å². The van der Waals surface area contributed by atoms with Crippen molar-refractivity contribution >= 4 is 17.3 Å². The Morgan fingerprint density at radius 1 is 1.53 bits per heavy atom. The molecule has 0 unspecified atom stereocenters. The number of imidazole rings is 1. The molecule has 1 N–H and O–H groups in total. The second-order valence-electron chi connectivity index (χ2n) is 3.27. The van der Waals surface area contributed by atoms with Gasteiger partial charge in [-0.2, -0.15) is 0 Å². The highest BCUT2D eigenvalue weighted by atomic mass is 32.1. The molecular formula is C10H14N4S. The normalized spacial score (nSPS) is 10.5. The molecular weight excluding hydrogens is 208 g/mol. The Labute approximate surface area is 93.0 Å². The average molecular weight is 222 g/mol. The molecule has 0 radical (unpaired) electrons. The lowest BCUT2D eigenvalue weighted by Gasteiger charge is -2.05. The summed E-state index contributed by atoms with van der Waals surface area (Å²) in [5.74, 6) is 0.921. The highest BCUT2D eigenvalue weighted by Gasteiger charge is 2.03. The van der Waals surface area contributed by atoms with Gasteiger partial charge >= 0.3 is 0 Å². The summed E-state index contributed by atoms with van der Waals surface area (Å²) in [7, 11) is 0. The second kappa shape index (κ2) is 4.44. The van der Waals surface area contributed by atoms with Gasteiger partial charge in [0.25, 0.3) is 0 Å². The maximum atomic E-state index is 4.41. The Kier molecular flexibility index (Phi) is 3.01. The lowest BCUT2D eigenvalue weighted by atomic mass is 10.6. The first-order valence-electron chi connectivity index (χ1n) is 4.95. The Morgan fingerprint density at radius 2 is 2.40 bits per heavy atom. The van der Waals surface area contributed by atoms with Gasteiger partial charge in [0.15, 0.2) is 0 Å². The van der Waals surface area contributed by atoms with E-state index in [1.165, 1.54) is 0 Å². The maximum Gasteiger partial charge on any atom is 0.203 e. The van der Waals surface area contributed by atoms with Crippen molar-refractivity contribution < 1.29 is 0 Å². The van der Waals surface area contributed by atoms with Crippen LogP contribution in [0.15, 0.2) is 17.8 Å². The molecule has 0 bridgehead atoms. The van der Waals surface area contributed by atoms with E-state index in [9.17, 15) is 0 Å². The summed E-state index contributed by atoms with van der Waals surface area (Å²) < 4.78 is 2.10. The summed E-state index contributed by atoms with van der Waals surface area (Å²) in [6, 6.07) is 0. The number of anilines is 1. The smallest absolute Gasteiger partial charge is 0.203 e. The zero-order valence-electron chi connectivity index (χ0n) is 8.90. The third kappa shape index (κ3) is 2.36. The van der Waals surface area contributed by atoms with Crippen molar-refractivity contribution in [3.05, 3.63) is 28.5 Å². The molecule has 0 fully saturated rings. The van der Waals surface area contributed by atoms with Crippen LogP contribution in [0.2, 0.25) is 0 Å². The zero-order valence-corrected chi connectivity index (χ0v) is 9.71. The maximum absolute atomic E-state index is 4.41. The Balaban J connectivity index is 2.04. The van der Waals surface area contributed by atoms with Crippen molar-refractivity contribution in [1.29, 1.82) is 0 Å². The zero-order chi connectivity index (χ0) is 10.7. The molecule has 0 aliphatic rings. The molecule has 0 saturated heterocycles. The fourth-order valence-electron chi connectivity index (χ4n) is 1.42. The molecule has 0 atom stereocenters. The number of nitrogens with one attached hydrogen (secondary N) is 1. The van der Waals surface area contributed by atoms with E-state index in [-0.39, 0.29) is 0 Å². The first-order chi connectivity index (χ1) is 7.29. The van der Waals surface area contributed by atoms with Crippen molar-refractivity contribution in [2.24, 2.45) is 0 Å². The first-order valence-corrected chi connectivity index (χ1v) is 5.83. The first kappa shape index (κ1) is 10.2. The monoisotopic (exact) mass is 222 g/mol. The largest absolute Gasteiger partial charge is 0.349 e. The minimum absolute atomic E-state index is 0.744. The van der Waals surface area contributed by atoms with Crippen molar-refractivity contribution in [2.45, 2.75) is 26.9 Å². The van der Waals surface area contributed by atoms with Crippen LogP contribution in [0.5, 0.6) is 0 Å². The Morgan fingerprint density at radius 3 is 3.07 bits per heavy atom. The van der Waals surface area contributed by atoms with E-state index >= 15 is 0 Å². The molecule has 0 spiro atoms. The molecule has 0 amide bonds. The number of nitrogens with zero attached hydrogens (tertiary/aromatic N) is 3. The van der Waals surface area contributed by atoms with E-state index in [0.717, 1.165) is 29.7 Å². The summed E-state index contributed by atoms with van der Waals surface area (Å²) in [5.41, 5.74) is 1.04. The third-order valence-electron chi connectivity index (χ3n) is 2.12. The summed E-state index contributed by atoms with van der Waals surface area (Å²) in [5, 5.41) is 6.35. The van der Waals surface area contributed by atoms with Gasteiger partial charge in [0.2, 0.25) is 5.95 Å². The van der Waals surface area contributed by atoms with Gasteiger partial charge in [-0.3, -0.25) is 0 Å². The predicted octanol–water partition coefficient (Wildman–Crippen LogP) is 2.28. The van der Waals surface area contributed by atoms with Gasteiger partial charge in [0.1, 0.15) is 5.01 Å². The summed E-state index contributed by atoms with van der Waals surface area (Å²) in [4.78, 5) is 8.62. The van der Waals surface area contributed by atoms with Gasteiger partial charge in [-0.15, -0.1) is 11.3 Å². The van der Waals surface area contributed by atoms with E-state index in [2.05, 4.69) is 26.8 Å². The summed E-state index contributed by atoms with van der Waals surface area (Å²) >= 11 is 1.65. The van der Waals surface area contributed by atoms with Crippen LogP contribution < -0.4 is 5.32 Å². The minimum atomic E-state index is 0.744. The van der Waals surface area contributed by atoms with Crippen molar-refractivity contribution in [1.82, 2.24) is 14.5 Å². The van der Waals surface area contributed by atoms with Crippen molar-refractivity contribution in [3.8, 4) is 0 Å². The number of rotatable bonds is 4. The SMILES string of the molecule is CCn1cc(C)nc1NCc1nccs1. The summed E-state index contributed by atoms with van der Waals surface area (Å²) in [6.07, 6.45) is 3.86. The molecule has 2 aromatic rings. The van der Waals surface area contributed by atoms with Gasteiger partial charge in [-0.1, -0.05) is 0 Å². The van der Waals surface area contributed by atoms with Crippen LogP contribution in [0.1, 0.15) is 17.6 Å². The molecule has 4 nitrogen and oxygen atoms in total. The second-order valence-corrected chi connectivity index (χ2v) is 4.25. The number of aryl methyl sites for hydroxylation is 2. The number of thiazole rings is 1. The van der Waals surface area contributed by atoms with Crippen molar-refractivity contribution in [2.75, 3.05) is 5.32 Å². The van der Waals surface area contributed by atoms with Crippen LogP contribution >= 0.6 is 11.3 Å². The van der Waals surface area contributed by atoms with Crippen molar-refractivity contribution in [3.63, 3.8) is 0 Å². The lowest BCUT2D eigenvalue weighted by Crippen LogP contribution is -2.05. The van der Waals surface area contributed by atoms with Gasteiger partial charge in [-0.05, 0) is 13.8 Å². The molecule has 2 rings (SSSR count). The molecule has 0 saturated carbocycles. The van der Waals surface area contributed by atoms with Gasteiger partial charge < -0.3 is 9.88 Å². The fraction of sp³-hybridized carbons (Fsp3) is 0.400. The van der Waals surface area contributed by atoms with E-state index in [1.54, 1.807) is 11.3 Å². The molecule has 15 heavy (non-hydrogen) atoms. The molecule has 2 heterocycles. The molecule has 5 heteroatoms. The van der Waals surface area contributed by atoms with Crippen LogP contribution in [0.3, 0.4) is 0 Å². The van der Waals surface area contributed by atoms with Crippen LogP contribution in [-0.2, 0) is 13.1 Å². The van der Waals surface area contributed by atoms with E-state index in [0.29, 0.717) is 0 Å².